The maximum atomic E-state index is 12.9. The number of carbonyl (C=O) groups excluding carboxylic acids is 3. The van der Waals surface area contributed by atoms with E-state index in [1.165, 1.54) is 0 Å². The highest BCUT2D eigenvalue weighted by molar-refractivity contribution is 7.80. The third-order valence-electron chi connectivity index (χ3n) is 4.53. The monoisotopic (exact) mass is 484 g/mol. The minimum Gasteiger partial charge on any atom is -0.481 e. The van der Waals surface area contributed by atoms with E-state index in [4.69, 9.17) is 15.9 Å². The van der Waals surface area contributed by atoms with E-state index in [0.717, 1.165) is 0 Å². The average molecular weight is 485 g/mol. The second-order valence-corrected chi connectivity index (χ2v) is 7.48. The fraction of sp³-hybridized carbons (Fsp3) is 0.450. The summed E-state index contributed by atoms with van der Waals surface area (Å²) in [5.41, 5.74) is 6.20. The number of hydrogen-bond acceptors (Lipinski definition) is 8. The number of aliphatic carboxylic acids is 2. The third kappa shape index (κ3) is 9.89. The molecule has 0 fully saturated rings. The maximum absolute atomic E-state index is 12.9. The lowest BCUT2D eigenvalue weighted by Crippen LogP contribution is -2.58. The van der Waals surface area contributed by atoms with Crippen LogP contribution in [-0.2, 0) is 30.4 Å². The van der Waals surface area contributed by atoms with Gasteiger partial charge in [-0.15, -0.1) is 0 Å². The summed E-state index contributed by atoms with van der Waals surface area (Å²) < 4.78 is 0. The van der Waals surface area contributed by atoms with Crippen LogP contribution >= 0.6 is 12.6 Å². The normalized spacial score (nSPS) is 14.3. The number of carboxylic acid groups (broad SMARTS) is 2. The van der Waals surface area contributed by atoms with Gasteiger partial charge >= 0.3 is 11.9 Å². The van der Waals surface area contributed by atoms with E-state index in [0.29, 0.717) is 5.56 Å². The number of aliphatic hydroxyl groups excluding tert-OH is 1. The molecule has 0 aliphatic heterocycles. The van der Waals surface area contributed by atoms with Gasteiger partial charge in [-0.05, 0) is 12.0 Å². The molecule has 0 spiro atoms. The van der Waals surface area contributed by atoms with Gasteiger partial charge in [-0.3, -0.25) is 19.2 Å². The Morgan fingerprint density at radius 2 is 1.42 bits per heavy atom. The molecule has 3 amide bonds. The molecule has 0 aliphatic rings. The summed E-state index contributed by atoms with van der Waals surface area (Å²) >= 11 is 4.02. The molecule has 0 aliphatic carbocycles. The molecule has 4 unspecified atom stereocenters. The van der Waals surface area contributed by atoms with Gasteiger partial charge in [-0.2, -0.15) is 12.6 Å². The van der Waals surface area contributed by atoms with Crippen LogP contribution in [0.5, 0.6) is 0 Å². The largest absolute Gasteiger partial charge is 0.481 e. The van der Waals surface area contributed by atoms with Crippen LogP contribution in [0.2, 0.25) is 0 Å². The average Bonchev–Trinajstić information content (AvgIpc) is 2.78. The first-order chi connectivity index (χ1) is 15.6. The number of carboxylic acids is 2. The first-order valence-electron chi connectivity index (χ1n) is 9.96. The Morgan fingerprint density at radius 1 is 0.879 bits per heavy atom. The lowest BCUT2D eigenvalue weighted by atomic mass is 10.0. The van der Waals surface area contributed by atoms with Crippen molar-refractivity contribution >= 4 is 42.3 Å². The minimum absolute atomic E-state index is 0.0494. The number of nitrogens with two attached hydrogens (primary N) is 1. The molecule has 0 saturated heterocycles. The maximum Gasteiger partial charge on any atom is 0.326 e. The molecule has 13 heteroatoms. The molecule has 0 saturated carbocycles. The highest BCUT2D eigenvalue weighted by Gasteiger charge is 2.30. The second kappa shape index (κ2) is 14.1. The van der Waals surface area contributed by atoms with Gasteiger partial charge in [0.25, 0.3) is 0 Å². The van der Waals surface area contributed by atoms with E-state index in [2.05, 4.69) is 28.6 Å². The molecule has 1 aromatic carbocycles. The Hall–Kier alpha value is -3.16. The number of benzene rings is 1. The van der Waals surface area contributed by atoms with Crippen molar-refractivity contribution in [2.24, 2.45) is 5.73 Å². The molecule has 0 heterocycles. The van der Waals surface area contributed by atoms with E-state index in [1.54, 1.807) is 30.3 Å². The number of aliphatic hydroxyl groups is 1. The predicted molar refractivity (Wildman–Crippen MR) is 119 cm³/mol. The third-order valence-corrected chi connectivity index (χ3v) is 4.89. The molecule has 12 nitrogen and oxygen atoms in total. The van der Waals surface area contributed by atoms with Crippen LogP contribution in [0.1, 0.15) is 18.4 Å². The topological polar surface area (TPSA) is 208 Å². The number of rotatable bonds is 14. The molecular formula is C20H28N4O8S. The summed E-state index contributed by atoms with van der Waals surface area (Å²) in [7, 11) is 0. The highest BCUT2D eigenvalue weighted by atomic mass is 32.1. The quantitative estimate of drug-likeness (QED) is 0.136. The van der Waals surface area contributed by atoms with Crippen molar-refractivity contribution < 1.29 is 39.3 Å². The molecule has 33 heavy (non-hydrogen) atoms. The molecule has 4 atom stereocenters. The standard InChI is InChI=1S/C20H28N4O8S/c21-12(9-25)17(28)23-14(8-11-4-2-1-3-5-11)18(29)24-15(10-33)19(30)22-13(20(31)32)6-7-16(26)27/h1-5,12-15,25,33H,6-10,21H2,(H,22,30)(H,23,28)(H,24,29)(H,26,27)(H,31,32). The molecule has 1 rings (SSSR count). The van der Waals surface area contributed by atoms with Gasteiger partial charge in [0.2, 0.25) is 17.7 Å². The van der Waals surface area contributed by atoms with Crippen molar-refractivity contribution in [1.29, 1.82) is 0 Å². The number of thiol groups is 1. The number of hydrogen-bond donors (Lipinski definition) is 8. The number of nitrogens with one attached hydrogen (secondary N) is 3. The van der Waals surface area contributed by atoms with Crippen LogP contribution in [0.4, 0.5) is 0 Å². The van der Waals surface area contributed by atoms with Crippen LogP contribution in [0, 0.1) is 0 Å². The van der Waals surface area contributed by atoms with E-state index in [1.807, 2.05) is 0 Å². The SMILES string of the molecule is NC(CO)C(=O)NC(Cc1ccccc1)C(=O)NC(CS)C(=O)NC(CCC(=O)O)C(=O)O. The van der Waals surface area contributed by atoms with Crippen molar-refractivity contribution in [1.82, 2.24) is 16.0 Å². The van der Waals surface area contributed by atoms with Crippen LogP contribution < -0.4 is 21.7 Å². The second-order valence-electron chi connectivity index (χ2n) is 7.12. The van der Waals surface area contributed by atoms with Crippen LogP contribution in [-0.4, -0.2) is 81.5 Å². The molecular weight excluding hydrogens is 456 g/mol. The summed E-state index contributed by atoms with van der Waals surface area (Å²) in [6.07, 6.45) is -0.783. The van der Waals surface area contributed by atoms with Crippen LogP contribution in [0.15, 0.2) is 30.3 Å². The van der Waals surface area contributed by atoms with E-state index in [9.17, 15) is 29.1 Å². The Balaban J connectivity index is 2.93. The van der Waals surface area contributed by atoms with Gasteiger partial charge in [-0.1, -0.05) is 30.3 Å². The summed E-state index contributed by atoms with van der Waals surface area (Å²) in [4.78, 5) is 59.5. The Bertz CT molecular complexity index is 839. The van der Waals surface area contributed by atoms with Gasteiger partial charge in [0, 0.05) is 18.6 Å². The van der Waals surface area contributed by atoms with E-state index in [-0.39, 0.29) is 18.6 Å². The lowest BCUT2D eigenvalue weighted by molar-refractivity contribution is -0.143. The van der Waals surface area contributed by atoms with Gasteiger partial charge in [0.05, 0.1) is 6.61 Å². The van der Waals surface area contributed by atoms with Crippen molar-refractivity contribution in [3.05, 3.63) is 35.9 Å². The highest BCUT2D eigenvalue weighted by Crippen LogP contribution is 2.05. The van der Waals surface area contributed by atoms with Gasteiger partial charge in [0.15, 0.2) is 0 Å². The number of amides is 3. The first kappa shape index (κ1) is 27.9. The molecule has 182 valence electrons. The van der Waals surface area contributed by atoms with Crippen molar-refractivity contribution in [2.75, 3.05) is 12.4 Å². The molecule has 8 N–H and O–H groups in total. The summed E-state index contributed by atoms with van der Waals surface area (Å²) in [5, 5.41) is 34.0. The van der Waals surface area contributed by atoms with Crippen molar-refractivity contribution in [2.45, 2.75) is 43.4 Å². The van der Waals surface area contributed by atoms with Gasteiger partial charge < -0.3 is 37.0 Å². The van der Waals surface area contributed by atoms with Gasteiger partial charge in [-0.25, -0.2) is 4.79 Å². The van der Waals surface area contributed by atoms with Crippen LogP contribution in [0.25, 0.3) is 0 Å². The summed E-state index contributed by atoms with van der Waals surface area (Å²) in [5.74, 6) is -5.28. The van der Waals surface area contributed by atoms with Crippen molar-refractivity contribution in [3.8, 4) is 0 Å². The smallest absolute Gasteiger partial charge is 0.326 e. The van der Waals surface area contributed by atoms with E-state index >= 15 is 0 Å². The fourth-order valence-corrected chi connectivity index (χ4v) is 2.94. The Labute approximate surface area is 195 Å². The zero-order valence-corrected chi connectivity index (χ0v) is 18.5. The molecule has 1 aromatic rings. The predicted octanol–water partition coefficient (Wildman–Crippen LogP) is -2.12. The summed E-state index contributed by atoms with van der Waals surface area (Å²) in [6, 6.07) is 3.52. The Kier molecular flexibility index (Phi) is 11.9. The van der Waals surface area contributed by atoms with Crippen LogP contribution in [0.3, 0.4) is 0 Å². The van der Waals surface area contributed by atoms with Gasteiger partial charge in [0.1, 0.15) is 24.2 Å². The first-order valence-corrected chi connectivity index (χ1v) is 10.6. The van der Waals surface area contributed by atoms with E-state index < -0.39 is 66.9 Å². The van der Waals surface area contributed by atoms with Crippen molar-refractivity contribution in [3.63, 3.8) is 0 Å². The zero-order chi connectivity index (χ0) is 25.0. The number of carbonyl (C=O) groups is 5. The lowest BCUT2D eigenvalue weighted by Gasteiger charge is -2.24. The molecule has 0 aromatic heterocycles. The fourth-order valence-electron chi connectivity index (χ4n) is 2.68. The summed E-state index contributed by atoms with van der Waals surface area (Å²) in [6.45, 7) is -0.639. The molecule has 0 bridgehead atoms. The minimum atomic E-state index is -1.48. The molecule has 0 radical (unpaired) electrons. The Morgan fingerprint density at radius 3 is 1.94 bits per heavy atom. The zero-order valence-electron chi connectivity index (χ0n) is 17.6.